The molecule has 1 saturated heterocycles. The van der Waals surface area contributed by atoms with E-state index in [2.05, 4.69) is 15.2 Å². The lowest BCUT2D eigenvalue weighted by molar-refractivity contribution is -0.121. The van der Waals surface area contributed by atoms with Crippen molar-refractivity contribution in [1.82, 2.24) is 15.1 Å². The molecule has 0 aliphatic carbocycles. The Labute approximate surface area is 164 Å². The molecule has 1 fully saturated rings. The van der Waals surface area contributed by atoms with Crippen molar-refractivity contribution >= 4 is 45.4 Å². The van der Waals surface area contributed by atoms with Crippen molar-refractivity contribution in [2.45, 2.75) is 6.92 Å². The minimum absolute atomic E-state index is 0.156. The van der Waals surface area contributed by atoms with Crippen LogP contribution >= 0.6 is 23.1 Å². The fraction of sp³-hybridized carbons (Fsp3) is 0.294. The zero-order valence-corrected chi connectivity index (χ0v) is 17.1. The first-order chi connectivity index (χ1) is 13.0. The fourth-order valence-corrected chi connectivity index (χ4v) is 4.02. The number of likely N-dealkylation sites (N-methyl/N-ethyl adjacent to an activating group) is 1. The summed E-state index contributed by atoms with van der Waals surface area (Å²) in [6.45, 7) is 1.85. The van der Waals surface area contributed by atoms with Crippen molar-refractivity contribution in [3.63, 3.8) is 0 Å². The number of methoxy groups -OCH3 is 3. The molecule has 0 saturated carbocycles. The van der Waals surface area contributed by atoms with Gasteiger partial charge >= 0.3 is 0 Å². The molecule has 1 aromatic carbocycles. The lowest BCUT2D eigenvalue weighted by Crippen LogP contribution is -2.23. The van der Waals surface area contributed by atoms with E-state index >= 15 is 0 Å². The Morgan fingerprint density at radius 2 is 1.85 bits per heavy atom. The number of rotatable bonds is 5. The molecule has 1 amide bonds. The van der Waals surface area contributed by atoms with Crippen LogP contribution in [-0.4, -0.2) is 54.5 Å². The second kappa shape index (κ2) is 7.97. The summed E-state index contributed by atoms with van der Waals surface area (Å²) in [6, 6.07) is 3.57. The maximum Gasteiger partial charge on any atom is 0.266 e. The number of carbonyl (C=O) groups is 1. The summed E-state index contributed by atoms with van der Waals surface area (Å²) in [5.74, 6) is 1.35. The Kier molecular flexibility index (Phi) is 5.66. The van der Waals surface area contributed by atoms with Gasteiger partial charge in [0, 0.05) is 12.6 Å². The van der Waals surface area contributed by atoms with Crippen LogP contribution in [0.3, 0.4) is 0 Å². The highest BCUT2D eigenvalue weighted by atomic mass is 32.2. The first-order valence-electron chi connectivity index (χ1n) is 7.83. The molecule has 0 radical (unpaired) electrons. The Bertz CT molecular complexity index is 939. The van der Waals surface area contributed by atoms with E-state index in [4.69, 9.17) is 14.2 Å². The second-order valence-corrected chi connectivity index (χ2v) is 7.57. The predicted octanol–water partition coefficient (Wildman–Crippen LogP) is 3.11. The molecule has 0 atom stereocenters. The molecular weight excluding hydrogens is 388 g/mol. The SMILES string of the molecule is COc1ccc(/C=C2\S/C(=N/c3nnc(C)s3)N(C)C2=O)c(OC)c1OC. The van der Waals surface area contributed by atoms with Crippen LogP contribution < -0.4 is 14.2 Å². The van der Waals surface area contributed by atoms with Crippen molar-refractivity contribution in [2.24, 2.45) is 4.99 Å². The van der Waals surface area contributed by atoms with E-state index in [1.165, 1.54) is 35.1 Å². The van der Waals surface area contributed by atoms with Crippen molar-refractivity contribution in [3.8, 4) is 17.2 Å². The van der Waals surface area contributed by atoms with Gasteiger partial charge in [-0.25, -0.2) is 0 Å². The van der Waals surface area contributed by atoms with E-state index in [-0.39, 0.29) is 5.91 Å². The van der Waals surface area contributed by atoms with Crippen molar-refractivity contribution in [2.75, 3.05) is 28.4 Å². The van der Waals surface area contributed by atoms with E-state index in [0.717, 1.165) is 5.01 Å². The van der Waals surface area contributed by atoms with Gasteiger partial charge in [0.2, 0.25) is 10.9 Å². The van der Waals surface area contributed by atoms with Crippen LogP contribution in [-0.2, 0) is 4.79 Å². The van der Waals surface area contributed by atoms with Crippen molar-refractivity contribution in [1.29, 1.82) is 0 Å². The Hall–Kier alpha value is -2.59. The van der Waals surface area contributed by atoms with Crippen LogP contribution in [0.1, 0.15) is 10.6 Å². The number of carbonyl (C=O) groups excluding carboxylic acids is 1. The number of aliphatic imine (C=N–C) groups is 1. The molecule has 0 unspecified atom stereocenters. The first-order valence-corrected chi connectivity index (χ1v) is 9.47. The third kappa shape index (κ3) is 3.76. The Balaban J connectivity index is 1.98. The number of ether oxygens (including phenoxy) is 3. The Morgan fingerprint density at radius 3 is 2.44 bits per heavy atom. The number of benzene rings is 1. The van der Waals surface area contributed by atoms with Crippen LogP contribution in [0.25, 0.3) is 6.08 Å². The number of hydrogen-bond donors (Lipinski definition) is 0. The molecule has 2 aromatic rings. The summed E-state index contributed by atoms with van der Waals surface area (Å²) in [6.07, 6.45) is 1.75. The summed E-state index contributed by atoms with van der Waals surface area (Å²) in [7, 11) is 6.31. The standard InChI is InChI=1S/C17H18N4O4S2/c1-9-19-20-16(26-9)18-17-21(2)15(22)12(27-17)8-10-6-7-11(23-3)14(25-5)13(10)24-4/h6-8H,1-5H3/b12-8-,18-17+. The minimum atomic E-state index is -0.156. The third-order valence-corrected chi connectivity index (χ3v) is 5.52. The number of amides is 1. The molecule has 8 nitrogen and oxygen atoms in total. The largest absolute Gasteiger partial charge is 0.493 e. The lowest BCUT2D eigenvalue weighted by Gasteiger charge is -2.14. The molecule has 27 heavy (non-hydrogen) atoms. The number of aromatic nitrogens is 2. The summed E-state index contributed by atoms with van der Waals surface area (Å²) in [5, 5.41) is 9.79. The predicted molar refractivity (Wildman–Crippen MR) is 106 cm³/mol. The van der Waals surface area contributed by atoms with Gasteiger partial charge in [-0.1, -0.05) is 11.3 Å². The second-order valence-electron chi connectivity index (χ2n) is 5.40. The summed E-state index contributed by atoms with van der Waals surface area (Å²) >= 11 is 2.63. The number of nitrogens with zero attached hydrogens (tertiary/aromatic N) is 4. The number of thioether (sulfide) groups is 1. The van der Waals surface area contributed by atoms with Crippen LogP contribution in [0.5, 0.6) is 17.2 Å². The van der Waals surface area contributed by atoms with E-state index in [1.807, 2.05) is 13.0 Å². The topological polar surface area (TPSA) is 86.1 Å². The number of amidine groups is 1. The molecular formula is C17H18N4O4S2. The van der Waals surface area contributed by atoms with Gasteiger partial charge in [-0.2, -0.15) is 4.99 Å². The van der Waals surface area contributed by atoms with Gasteiger partial charge in [0.05, 0.1) is 26.2 Å². The van der Waals surface area contributed by atoms with Gasteiger partial charge in [0.25, 0.3) is 5.91 Å². The van der Waals surface area contributed by atoms with E-state index in [9.17, 15) is 4.79 Å². The number of aryl methyl sites for hydroxylation is 1. The molecule has 1 aliphatic heterocycles. The van der Waals surface area contributed by atoms with E-state index in [0.29, 0.717) is 38.0 Å². The molecule has 2 heterocycles. The molecule has 0 bridgehead atoms. The van der Waals surface area contributed by atoms with Crippen molar-refractivity contribution < 1.29 is 19.0 Å². The van der Waals surface area contributed by atoms with Gasteiger partial charge in [0.1, 0.15) is 5.01 Å². The van der Waals surface area contributed by atoms with Gasteiger partial charge in [-0.05, 0) is 36.9 Å². The van der Waals surface area contributed by atoms with Crippen LogP contribution in [0, 0.1) is 6.92 Å². The maximum absolute atomic E-state index is 12.6. The molecule has 3 rings (SSSR count). The van der Waals surface area contributed by atoms with Gasteiger partial charge < -0.3 is 14.2 Å². The minimum Gasteiger partial charge on any atom is -0.493 e. The zero-order chi connectivity index (χ0) is 19.6. The van der Waals surface area contributed by atoms with Gasteiger partial charge in [-0.3, -0.25) is 9.69 Å². The smallest absolute Gasteiger partial charge is 0.266 e. The maximum atomic E-state index is 12.6. The molecule has 10 heteroatoms. The number of hydrogen-bond acceptors (Lipinski definition) is 9. The van der Waals surface area contributed by atoms with Gasteiger partial charge in [-0.15, -0.1) is 10.2 Å². The average molecular weight is 406 g/mol. The van der Waals surface area contributed by atoms with Crippen molar-refractivity contribution in [3.05, 3.63) is 27.6 Å². The molecule has 0 spiro atoms. The lowest BCUT2D eigenvalue weighted by atomic mass is 10.1. The van der Waals surface area contributed by atoms with E-state index < -0.39 is 0 Å². The van der Waals surface area contributed by atoms with Crippen LogP contribution in [0.2, 0.25) is 0 Å². The molecule has 142 valence electrons. The summed E-state index contributed by atoms with van der Waals surface area (Å²) < 4.78 is 16.2. The van der Waals surface area contributed by atoms with E-state index in [1.54, 1.807) is 33.4 Å². The normalized spacial score (nSPS) is 17.1. The monoisotopic (exact) mass is 406 g/mol. The quantitative estimate of drug-likeness (QED) is 0.705. The summed E-state index contributed by atoms with van der Waals surface area (Å²) in [4.78, 5) is 19.0. The molecule has 0 N–H and O–H groups in total. The fourth-order valence-electron chi connectivity index (χ4n) is 2.44. The van der Waals surface area contributed by atoms with Crippen LogP contribution in [0.4, 0.5) is 5.13 Å². The zero-order valence-electron chi connectivity index (χ0n) is 15.5. The highest BCUT2D eigenvalue weighted by Crippen LogP contribution is 2.42. The van der Waals surface area contributed by atoms with Crippen LogP contribution in [0.15, 0.2) is 22.0 Å². The first kappa shape index (κ1) is 19.2. The van der Waals surface area contributed by atoms with Gasteiger partial charge in [0.15, 0.2) is 16.7 Å². The molecule has 1 aliphatic rings. The third-order valence-electron chi connectivity index (χ3n) is 3.73. The highest BCUT2D eigenvalue weighted by Gasteiger charge is 2.31. The molecule has 1 aromatic heterocycles. The average Bonchev–Trinajstić information content (AvgIpc) is 3.19. The highest BCUT2D eigenvalue weighted by molar-refractivity contribution is 8.18. The summed E-state index contributed by atoms with van der Waals surface area (Å²) in [5.41, 5.74) is 0.701. The Morgan fingerprint density at radius 1 is 1.11 bits per heavy atom.